The van der Waals surface area contributed by atoms with Crippen molar-refractivity contribution in [2.45, 2.75) is 63.2 Å². The average molecular weight is 262 g/mol. The maximum absolute atomic E-state index is 4.09. The van der Waals surface area contributed by atoms with E-state index in [2.05, 4.69) is 33.0 Å². The molecule has 3 rings (SSSR count). The Kier molecular flexibility index (Phi) is 4.18. The van der Waals surface area contributed by atoms with Gasteiger partial charge in [0.05, 0.1) is 6.33 Å². The standard InChI is InChI=1S/C15H26N4/c1-16-13-10-14-4-5-15(11-13)19(14)8-3-2-7-18-9-6-17-12-18/h6,9,12-16H,2-5,7-8,10-11H2,1H3. The van der Waals surface area contributed by atoms with Crippen LogP contribution < -0.4 is 5.32 Å². The van der Waals surface area contributed by atoms with Crippen molar-refractivity contribution in [2.24, 2.45) is 0 Å². The molecule has 1 aromatic heterocycles. The smallest absolute Gasteiger partial charge is 0.0945 e. The van der Waals surface area contributed by atoms with E-state index in [1.165, 1.54) is 45.1 Å². The number of piperidine rings is 1. The van der Waals surface area contributed by atoms with Crippen LogP contribution in [0.3, 0.4) is 0 Å². The molecule has 3 heterocycles. The number of nitrogens with zero attached hydrogens (tertiary/aromatic N) is 3. The number of nitrogens with one attached hydrogen (secondary N) is 1. The molecule has 2 atom stereocenters. The van der Waals surface area contributed by atoms with Gasteiger partial charge in [-0.2, -0.15) is 0 Å². The van der Waals surface area contributed by atoms with E-state index in [4.69, 9.17) is 0 Å². The lowest BCUT2D eigenvalue weighted by atomic mass is 9.97. The van der Waals surface area contributed by atoms with Crippen LogP contribution in [-0.4, -0.2) is 46.2 Å². The zero-order valence-electron chi connectivity index (χ0n) is 12.0. The average Bonchev–Trinajstić information content (AvgIpc) is 3.01. The Balaban J connectivity index is 1.41. The first-order valence-corrected chi connectivity index (χ1v) is 7.75. The molecule has 0 saturated carbocycles. The van der Waals surface area contributed by atoms with Gasteiger partial charge in [-0.15, -0.1) is 0 Å². The number of hydrogen-bond donors (Lipinski definition) is 1. The molecule has 0 radical (unpaired) electrons. The van der Waals surface area contributed by atoms with Gasteiger partial charge in [0, 0.05) is 37.1 Å². The summed E-state index contributed by atoms with van der Waals surface area (Å²) in [5.41, 5.74) is 0. The van der Waals surface area contributed by atoms with Gasteiger partial charge in [-0.25, -0.2) is 4.98 Å². The highest BCUT2D eigenvalue weighted by Crippen LogP contribution is 2.35. The number of aryl methyl sites for hydroxylation is 1. The van der Waals surface area contributed by atoms with Gasteiger partial charge in [0.1, 0.15) is 0 Å². The summed E-state index contributed by atoms with van der Waals surface area (Å²) in [6.07, 6.45) is 14.0. The van der Waals surface area contributed by atoms with E-state index in [0.29, 0.717) is 0 Å². The van der Waals surface area contributed by atoms with E-state index >= 15 is 0 Å². The summed E-state index contributed by atoms with van der Waals surface area (Å²) in [5, 5.41) is 3.47. The quantitative estimate of drug-likeness (QED) is 0.795. The third-order valence-electron chi connectivity index (χ3n) is 4.93. The second-order valence-electron chi connectivity index (χ2n) is 6.09. The molecule has 2 aliphatic rings. The molecule has 2 bridgehead atoms. The number of fused-ring (bicyclic) bond motifs is 2. The summed E-state index contributed by atoms with van der Waals surface area (Å²) in [6.45, 7) is 2.41. The maximum atomic E-state index is 4.09. The maximum Gasteiger partial charge on any atom is 0.0945 e. The molecule has 2 saturated heterocycles. The molecule has 19 heavy (non-hydrogen) atoms. The van der Waals surface area contributed by atoms with Crippen LogP contribution in [-0.2, 0) is 6.54 Å². The fraction of sp³-hybridized carbons (Fsp3) is 0.800. The summed E-state index contributed by atoms with van der Waals surface area (Å²) >= 11 is 0. The second-order valence-corrected chi connectivity index (χ2v) is 6.09. The summed E-state index contributed by atoms with van der Waals surface area (Å²) < 4.78 is 2.18. The van der Waals surface area contributed by atoms with Crippen molar-refractivity contribution < 1.29 is 0 Å². The van der Waals surface area contributed by atoms with Crippen molar-refractivity contribution in [2.75, 3.05) is 13.6 Å². The molecule has 0 aromatic carbocycles. The monoisotopic (exact) mass is 262 g/mol. The van der Waals surface area contributed by atoms with Crippen LogP contribution >= 0.6 is 0 Å². The Morgan fingerprint density at radius 3 is 2.53 bits per heavy atom. The first-order valence-electron chi connectivity index (χ1n) is 7.75. The molecule has 2 unspecified atom stereocenters. The van der Waals surface area contributed by atoms with Gasteiger partial charge < -0.3 is 9.88 Å². The Morgan fingerprint density at radius 1 is 1.16 bits per heavy atom. The Labute approximate surface area is 116 Å². The van der Waals surface area contributed by atoms with E-state index in [9.17, 15) is 0 Å². The van der Waals surface area contributed by atoms with Gasteiger partial charge >= 0.3 is 0 Å². The van der Waals surface area contributed by atoms with Gasteiger partial charge in [0.2, 0.25) is 0 Å². The number of unbranched alkanes of at least 4 members (excludes halogenated alkanes) is 1. The molecular weight excluding hydrogens is 236 g/mol. The fourth-order valence-electron chi connectivity index (χ4n) is 3.88. The molecule has 0 spiro atoms. The molecule has 4 heteroatoms. The molecule has 1 aromatic rings. The number of rotatable bonds is 6. The highest BCUT2D eigenvalue weighted by atomic mass is 15.2. The molecule has 1 N–H and O–H groups in total. The highest BCUT2D eigenvalue weighted by molar-refractivity contribution is 4.96. The second kappa shape index (κ2) is 6.06. The molecule has 4 nitrogen and oxygen atoms in total. The lowest BCUT2D eigenvalue weighted by Gasteiger charge is -2.39. The number of hydrogen-bond acceptors (Lipinski definition) is 3. The van der Waals surface area contributed by atoms with E-state index in [-0.39, 0.29) is 0 Å². The first-order chi connectivity index (χ1) is 9.36. The lowest BCUT2D eigenvalue weighted by molar-refractivity contribution is 0.117. The van der Waals surface area contributed by atoms with Crippen LogP contribution in [0.2, 0.25) is 0 Å². The van der Waals surface area contributed by atoms with Crippen molar-refractivity contribution in [1.29, 1.82) is 0 Å². The van der Waals surface area contributed by atoms with Crippen molar-refractivity contribution in [1.82, 2.24) is 19.8 Å². The molecule has 0 amide bonds. The first kappa shape index (κ1) is 13.1. The minimum absolute atomic E-state index is 0.764. The van der Waals surface area contributed by atoms with Gasteiger partial charge in [0.15, 0.2) is 0 Å². The van der Waals surface area contributed by atoms with Crippen LogP contribution in [0.25, 0.3) is 0 Å². The third kappa shape index (κ3) is 3.00. The van der Waals surface area contributed by atoms with Crippen molar-refractivity contribution >= 4 is 0 Å². The van der Waals surface area contributed by atoms with Gasteiger partial charge in [-0.3, -0.25) is 4.90 Å². The lowest BCUT2D eigenvalue weighted by Crippen LogP contribution is -2.48. The Morgan fingerprint density at radius 2 is 1.89 bits per heavy atom. The van der Waals surface area contributed by atoms with Gasteiger partial charge in [-0.05, 0) is 52.1 Å². The van der Waals surface area contributed by atoms with Crippen LogP contribution in [0.5, 0.6) is 0 Å². The molecule has 106 valence electrons. The normalized spacial score (nSPS) is 30.9. The van der Waals surface area contributed by atoms with Crippen LogP contribution in [0.1, 0.15) is 38.5 Å². The highest BCUT2D eigenvalue weighted by Gasteiger charge is 2.39. The summed E-state index contributed by atoms with van der Waals surface area (Å²) in [4.78, 5) is 6.88. The summed E-state index contributed by atoms with van der Waals surface area (Å²) in [7, 11) is 2.12. The van der Waals surface area contributed by atoms with Crippen LogP contribution in [0.15, 0.2) is 18.7 Å². The molecular formula is C15H26N4. The number of aromatic nitrogens is 2. The predicted octanol–water partition coefficient (Wildman–Crippen LogP) is 1.88. The van der Waals surface area contributed by atoms with Crippen molar-refractivity contribution in [3.63, 3.8) is 0 Å². The number of imidazole rings is 1. The minimum Gasteiger partial charge on any atom is -0.337 e. The van der Waals surface area contributed by atoms with Crippen molar-refractivity contribution in [3.05, 3.63) is 18.7 Å². The zero-order valence-corrected chi connectivity index (χ0v) is 12.0. The van der Waals surface area contributed by atoms with Crippen LogP contribution in [0, 0.1) is 0 Å². The van der Waals surface area contributed by atoms with Gasteiger partial charge in [-0.1, -0.05) is 0 Å². The molecule has 2 fully saturated rings. The third-order valence-corrected chi connectivity index (χ3v) is 4.93. The largest absolute Gasteiger partial charge is 0.337 e. The predicted molar refractivity (Wildman–Crippen MR) is 77.1 cm³/mol. The minimum atomic E-state index is 0.764. The van der Waals surface area contributed by atoms with Crippen molar-refractivity contribution in [3.8, 4) is 0 Å². The molecule has 2 aliphatic heterocycles. The topological polar surface area (TPSA) is 33.1 Å². The SMILES string of the molecule is CNC1CC2CCC(C1)N2CCCCn1ccnc1. The van der Waals surface area contributed by atoms with E-state index < -0.39 is 0 Å². The van der Waals surface area contributed by atoms with E-state index in [1.807, 2.05) is 12.5 Å². The Bertz CT molecular complexity index is 362. The Hall–Kier alpha value is -0.870. The zero-order chi connectivity index (χ0) is 13.1. The van der Waals surface area contributed by atoms with Gasteiger partial charge in [0.25, 0.3) is 0 Å². The van der Waals surface area contributed by atoms with E-state index in [1.54, 1.807) is 0 Å². The van der Waals surface area contributed by atoms with Crippen LogP contribution in [0.4, 0.5) is 0 Å². The van der Waals surface area contributed by atoms with E-state index in [0.717, 1.165) is 24.7 Å². The summed E-state index contributed by atoms with van der Waals surface area (Å²) in [5.74, 6) is 0. The summed E-state index contributed by atoms with van der Waals surface area (Å²) in [6, 6.07) is 2.47. The molecule has 0 aliphatic carbocycles. The fourth-order valence-corrected chi connectivity index (χ4v) is 3.88.